The average molecular weight is 525 g/mol. The molecule has 37 heavy (non-hydrogen) atoms. The Balaban J connectivity index is 1.35. The molecular formula is C27H26F2N4O3S. The number of nitriles is 1. The fourth-order valence-electron chi connectivity index (χ4n) is 3.92. The van der Waals surface area contributed by atoms with Gasteiger partial charge in [-0.05, 0) is 29.8 Å². The molecule has 2 heterocycles. The number of aromatic nitrogens is 3. The minimum absolute atomic E-state index is 0.0168. The van der Waals surface area contributed by atoms with Crippen LogP contribution in [0.15, 0.2) is 73.3 Å². The van der Waals surface area contributed by atoms with Crippen LogP contribution in [0.3, 0.4) is 0 Å². The van der Waals surface area contributed by atoms with Crippen LogP contribution in [0.5, 0.6) is 0 Å². The molecule has 2 atom stereocenters. The second-order valence-electron chi connectivity index (χ2n) is 8.55. The summed E-state index contributed by atoms with van der Waals surface area (Å²) in [6.07, 6.45) is 9.64. The largest absolute Gasteiger partial charge is 0.382 e. The zero-order valence-electron chi connectivity index (χ0n) is 20.1. The van der Waals surface area contributed by atoms with E-state index in [1.54, 1.807) is 25.1 Å². The van der Waals surface area contributed by atoms with Gasteiger partial charge in [0.05, 0.1) is 36.6 Å². The molecular weight excluding hydrogens is 498 g/mol. The van der Waals surface area contributed by atoms with Crippen LogP contribution in [0.4, 0.5) is 8.78 Å². The third-order valence-electron chi connectivity index (χ3n) is 5.94. The van der Waals surface area contributed by atoms with Gasteiger partial charge < -0.3 is 14.6 Å². The summed E-state index contributed by atoms with van der Waals surface area (Å²) in [5, 5.41) is 23.9. The van der Waals surface area contributed by atoms with Crippen LogP contribution in [-0.4, -0.2) is 49.9 Å². The van der Waals surface area contributed by atoms with Crippen molar-refractivity contribution in [2.24, 2.45) is 0 Å². The van der Waals surface area contributed by atoms with Crippen LogP contribution in [0.1, 0.15) is 23.6 Å². The van der Waals surface area contributed by atoms with E-state index in [2.05, 4.69) is 16.2 Å². The van der Waals surface area contributed by atoms with E-state index in [-0.39, 0.29) is 17.4 Å². The second kappa shape index (κ2) is 12.3. The minimum atomic E-state index is -1.69. The Hall–Kier alpha value is -3.36. The summed E-state index contributed by atoms with van der Waals surface area (Å²) in [5.74, 6) is -1.55. The van der Waals surface area contributed by atoms with Crippen LogP contribution < -0.4 is 0 Å². The molecule has 1 aliphatic rings. The summed E-state index contributed by atoms with van der Waals surface area (Å²) in [5.41, 5.74) is -0.131. The van der Waals surface area contributed by atoms with E-state index in [1.165, 1.54) is 35.2 Å². The van der Waals surface area contributed by atoms with E-state index >= 15 is 0 Å². The third-order valence-corrected chi connectivity index (χ3v) is 7.39. The quantitative estimate of drug-likeness (QED) is 0.414. The first-order chi connectivity index (χ1) is 17.9. The van der Waals surface area contributed by atoms with Crippen LogP contribution in [0.25, 0.3) is 6.08 Å². The zero-order valence-corrected chi connectivity index (χ0v) is 20.9. The molecule has 1 saturated heterocycles. The highest BCUT2D eigenvalue weighted by Crippen LogP contribution is 2.38. The predicted molar refractivity (Wildman–Crippen MR) is 136 cm³/mol. The molecule has 0 radical (unpaired) electrons. The lowest BCUT2D eigenvalue weighted by molar-refractivity contribution is -0.146. The SMILES string of the molecule is C[C@@H](S[C@H]1CO[C@H](C=CC=Cc2ccc(C#N)cc2)OC1)[C@](O)(Cn1cncn1)c1ccc(F)cc1F. The summed E-state index contributed by atoms with van der Waals surface area (Å²) in [7, 11) is 0. The maximum atomic E-state index is 14.7. The van der Waals surface area contributed by atoms with E-state index in [0.29, 0.717) is 18.8 Å². The van der Waals surface area contributed by atoms with Crippen molar-refractivity contribution in [1.82, 2.24) is 14.8 Å². The molecule has 1 fully saturated rings. The van der Waals surface area contributed by atoms with Gasteiger partial charge in [0, 0.05) is 16.9 Å². The summed E-state index contributed by atoms with van der Waals surface area (Å²) in [6, 6.07) is 12.5. The number of hydrogen-bond donors (Lipinski definition) is 1. The van der Waals surface area contributed by atoms with Crippen molar-refractivity contribution in [3.8, 4) is 6.07 Å². The van der Waals surface area contributed by atoms with Crippen molar-refractivity contribution < 1.29 is 23.4 Å². The molecule has 2 aromatic carbocycles. The topological polar surface area (TPSA) is 93.2 Å². The van der Waals surface area contributed by atoms with Gasteiger partial charge in [-0.15, -0.1) is 11.8 Å². The number of hydrogen-bond acceptors (Lipinski definition) is 7. The normalized spacial score (nSPS) is 20.6. The number of benzene rings is 2. The highest BCUT2D eigenvalue weighted by atomic mass is 32.2. The highest BCUT2D eigenvalue weighted by molar-refractivity contribution is 8.00. The molecule has 1 aliphatic heterocycles. The van der Waals surface area contributed by atoms with Gasteiger partial charge in [0.1, 0.15) is 29.9 Å². The average Bonchev–Trinajstić information content (AvgIpc) is 3.40. The van der Waals surface area contributed by atoms with E-state index in [9.17, 15) is 13.9 Å². The molecule has 3 aromatic rings. The molecule has 0 aliphatic carbocycles. The van der Waals surface area contributed by atoms with Gasteiger partial charge in [0.15, 0.2) is 6.29 Å². The minimum Gasteiger partial charge on any atom is -0.382 e. The molecule has 1 aromatic heterocycles. The summed E-state index contributed by atoms with van der Waals surface area (Å²) in [4.78, 5) is 3.89. The Kier molecular flexibility index (Phi) is 8.84. The van der Waals surface area contributed by atoms with Crippen LogP contribution >= 0.6 is 11.8 Å². The van der Waals surface area contributed by atoms with E-state index < -0.39 is 28.8 Å². The van der Waals surface area contributed by atoms with Crippen molar-refractivity contribution in [2.75, 3.05) is 13.2 Å². The van der Waals surface area contributed by atoms with Crippen molar-refractivity contribution in [3.63, 3.8) is 0 Å². The molecule has 0 spiro atoms. The Bertz CT molecular complexity index is 1270. The van der Waals surface area contributed by atoms with Gasteiger partial charge in [-0.3, -0.25) is 0 Å². The van der Waals surface area contributed by atoms with E-state index in [1.807, 2.05) is 30.4 Å². The highest BCUT2D eigenvalue weighted by Gasteiger charge is 2.41. The summed E-state index contributed by atoms with van der Waals surface area (Å²) in [6.45, 7) is 2.46. The fourth-order valence-corrected chi connectivity index (χ4v) is 5.23. The zero-order chi connectivity index (χ0) is 26.3. The van der Waals surface area contributed by atoms with E-state index in [4.69, 9.17) is 14.7 Å². The Morgan fingerprint density at radius 2 is 1.97 bits per heavy atom. The number of ether oxygens (including phenoxy) is 2. The molecule has 0 saturated carbocycles. The number of aliphatic hydroxyl groups is 1. The van der Waals surface area contributed by atoms with Gasteiger partial charge in [-0.1, -0.05) is 43.4 Å². The van der Waals surface area contributed by atoms with Crippen LogP contribution in [0, 0.1) is 23.0 Å². The third kappa shape index (κ3) is 6.90. The molecule has 7 nitrogen and oxygen atoms in total. The number of thioether (sulfide) groups is 1. The van der Waals surface area contributed by atoms with Gasteiger partial charge in [-0.2, -0.15) is 10.4 Å². The number of rotatable bonds is 9. The predicted octanol–water partition coefficient (Wildman–Crippen LogP) is 4.45. The first kappa shape index (κ1) is 26.7. The first-order valence-corrected chi connectivity index (χ1v) is 12.6. The van der Waals surface area contributed by atoms with Crippen molar-refractivity contribution in [2.45, 2.75) is 35.9 Å². The summed E-state index contributed by atoms with van der Waals surface area (Å²) >= 11 is 1.40. The smallest absolute Gasteiger partial charge is 0.177 e. The van der Waals surface area contributed by atoms with Crippen molar-refractivity contribution >= 4 is 17.8 Å². The van der Waals surface area contributed by atoms with Crippen molar-refractivity contribution in [1.29, 1.82) is 5.26 Å². The van der Waals surface area contributed by atoms with Crippen LogP contribution in [0.2, 0.25) is 0 Å². The molecule has 1 N–H and O–H groups in total. The molecule has 0 bridgehead atoms. The van der Waals surface area contributed by atoms with Gasteiger partial charge >= 0.3 is 0 Å². The number of nitrogens with zero attached hydrogens (tertiary/aromatic N) is 4. The second-order valence-corrected chi connectivity index (χ2v) is 10.2. The molecule has 192 valence electrons. The Labute approximate surface area is 218 Å². The lowest BCUT2D eigenvalue weighted by Crippen LogP contribution is -2.43. The van der Waals surface area contributed by atoms with Crippen LogP contribution in [-0.2, 0) is 21.6 Å². The van der Waals surface area contributed by atoms with Gasteiger partial charge in [-0.25, -0.2) is 18.4 Å². The van der Waals surface area contributed by atoms with Gasteiger partial charge in [0.25, 0.3) is 0 Å². The maximum absolute atomic E-state index is 14.7. The Morgan fingerprint density at radius 3 is 2.62 bits per heavy atom. The maximum Gasteiger partial charge on any atom is 0.177 e. The van der Waals surface area contributed by atoms with Crippen molar-refractivity contribution in [3.05, 3.63) is 102 Å². The molecule has 0 amide bonds. The lowest BCUT2D eigenvalue weighted by atomic mass is 9.90. The molecule has 0 unspecified atom stereocenters. The monoisotopic (exact) mass is 524 g/mol. The lowest BCUT2D eigenvalue weighted by Gasteiger charge is -2.37. The van der Waals surface area contributed by atoms with E-state index in [0.717, 1.165) is 17.7 Å². The molecule has 10 heteroatoms. The fraction of sp³-hybridized carbons (Fsp3) is 0.296. The molecule has 4 rings (SSSR count). The Morgan fingerprint density at radius 1 is 1.22 bits per heavy atom. The standard InChI is InChI=1S/C27H26F2N4O3S/c1-19(27(34,16-33-18-31-17-32-33)24-11-10-22(28)12-25(24)29)37-23-14-35-26(36-15-23)5-3-2-4-20-6-8-21(13-30)9-7-20/h2-12,17-19,23,26,34H,14-16H2,1H3/t19-,23-,26-,27-/m1/s1. The number of allylic oxidation sites excluding steroid dienone is 2. The summed E-state index contributed by atoms with van der Waals surface area (Å²) < 4.78 is 41.3. The van der Waals surface area contributed by atoms with Gasteiger partial charge in [0.2, 0.25) is 0 Å². The first-order valence-electron chi connectivity index (χ1n) is 11.6. The number of halogens is 2.